The lowest BCUT2D eigenvalue weighted by atomic mass is 10.1. The number of carbonyl (C=O) groups excluding carboxylic acids is 1. The zero-order valence-electron chi connectivity index (χ0n) is 21.6. The molecule has 1 amide bonds. The van der Waals surface area contributed by atoms with E-state index in [0.29, 0.717) is 27.8 Å². The predicted octanol–water partition coefficient (Wildman–Crippen LogP) is 4.90. The Morgan fingerprint density at radius 3 is 2.56 bits per heavy atom. The van der Waals surface area contributed by atoms with Gasteiger partial charge in [0.2, 0.25) is 10.0 Å². The van der Waals surface area contributed by atoms with E-state index >= 15 is 0 Å². The van der Waals surface area contributed by atoms with Crippen LogP contribution >= 0.6 is 11.6 Å². The molecular weight excluding hydrogens is 542 g/mol. The monoisotopic (exact) mass is 569 g/mol. The summed E-state index contributed by atoms with van der Waals surface area (Å²) in [5.41, 5.74) is 2.78. The first kappa shape index (κ1) is 27.1. The van der Waals surface area contributed by atoms with E-state index in [2.05, 4.69) is 15.1 Å². The van der Waals surface area contributed by atoms with Crippen LogP contribution in [0.2, 0.25) is 5.02 Å². The van der Waals surface area contributed by atoms with Crippen LogP contribution in [0.15, 0.2) is 59.6 Å². The summed E-state index contributed by atoms with van der Waals surface area (Å²) in [4.78, 5) is 17.6. The first-order chi connectivity index (χ1) is 18.5. The largest absolute Gasteiger partial charge is 0.417 e. The second-order valence-corrected chi connectivity index (χ2v) is 12.3. The van der Waals surface area contributed by atoms with Crippen molar-refractivity contribution in [3.05, 3.63) is 71.0 Å². The zero-order valence-corrected chi connectivity index (χ0v) is 23.2. The van der Waals surface area contributed by atoms with Crippen LogP contribution < -0.4 is 14.8 Å². The molecule has 2 heterocycles. The molecule has 0 aliphatic heterocycles. The van der Waals surface area contributed by atoms with Gasteiger partial charge in [-0.05, 0) is 69.5 Å². The van der Waals surface area contributed by atoms with E-state index in [0.717, 1.165) is 24.1 Å². The molecular formula is C27H28ClN5O5S. The molecule has 39 heavy (non-hydrogen) atoms. The topological polar surface area (TPSA) is 135 Å². The van der Waals surface area contributed by atoms with Gasteiger partial charge in [0.25, 0.3) is 0 Å². The molecule has 0 atom stereocenters. The number of aromatic nitrogens is 3. The number of halogens is 1. The lowest BCUT2D eigenvalue weighted by molar-refractivity contribution is 0.208. The number of sulfonamides is 1. The Labute approximate surface area is 231 Å². The summed E-state index contributed by atoms with van der Waals surface area (Å²) in [5.74, 6) is 0.512. The van der Waals surface area contributed by atoms with Gasteiger partial charge in [-0.15, -0.1) is 0 Å². The van der Waals surface area contributed by atoms with Crippen molar-refractivity contribution in [1.29, 1.82) is 0 Å². The summed E-state index contributed by atoms with van der Waals surface area (Å²) in [5, 5.41) is 17.1. The molecule has 0 radical (unpaired) electrons. The normalized spacial score (nSPS) is 14.0. The SMILES string of the molecule is Cc1ccc(S(=O)(=O)NC(C)(C)CO)cc1NC(=O)Oc1cnn2c(C3CC3)cc(-c3ccc(Cl)cc3)nc12. The average molecular weight is 570 g/mol. The summed E-state index contributed by atoms with van der Waals surface area (Å²) in [7, 11) is -3.96. The predicted molar refractivity (Wildman–Crippen MR) is 148 cm³/mol. The quantitative estimate of drug-likeness (QED) is 0.275. The van der Waals surface area contributed by atoms with Gasteiger partial charge in [0, 0.05) is 27.9 Å². The van der Waals surface area contributed by atoms with E-state index in [1.807, 2.05) is 18.2 Å². The fraction of sp³-hybridized carbons (Fsp3) is 0.296. The minimum atomic E-state index is -3.96. The number of amides is 1. The van der Waals surface area contributed by atoms with Crippen LogP contribution in [0, 0.1) is 6.92 Å². The maximum absolute atomic E-state index is 12.9. The summed E-state index contributed by atoms with van der Waals surface area (Å²) >= 11 is 6.05. The van der Waals surface area contributed by atoms with Gasteiger partial charge in [-0.3, -0.25) is 5.32 Å². The third-order valence-corrected chi connectivity index (χ3v) is 8.32. The highest BCUT2D eigenvalue weighted by molar-refractivity contribution is 7.89. The Morgan fingerprint density at radius 1 is 1.18 bits per heavy atom. The molecule has 0 unspecified atom stereocenters. The number of hydrogen-bond donors (Lipinski definition) is 3. The van der Waals surface area contributed by atoms with Crippen molar-refractivity contribution in [3.63, 3.8) is 0 Å². The second-order valence-electron chi connectivity index (χ2n) is 10.2. The van der Waals surface area contributed by atoms with E-state index in [1.165, 1.54) is 18.3 Å². The molecule has 0 bridgehead atoms. The number of rotatable bonds is 8. The van der Waals surface area contributed by atoms with Crippen molar-refractivity contribution in [1.82, 2.24) is 19.3 Å². The number of hydrogen-bond acceptors (Lipinski definition) is 7. The number of ether oxygens (including phenoxy) is 1. The van der Waals surface area contributed by atoms with Crippen LogP contribution in [0.25, 0.3) is 16.9 Å². The van der Waals surface area contributed by atoms with Gasteiger partial charge in [-0.2, -0.15) is 5.10 Å². The molecule has 5 rings (SSSR count). The Morgan fingerprint density at radius 2 is 1.90 bits per heavy atom. The van der Waals surface area contributed by atoms with Gasteiger partial charge in [0.05, 0.1) is 28.9 Å². The number of aliphatic hydroxyl groups is 1. The highest BCUT2D eigenvalue weighted by atomic mass is 35.5. The fourth-order valence-electron chi connectivity index (χ4n) is 4.07. The van der Waals surface area contributed by atoms with Gasteiger partial charge in [-0.25, -0.2) is 27.4 Å². The molecule has 1 aliphatic carbocycles. The second kappa shape index (κ2) is 10.2. The summed E-state index contributed by atoms with van der Waals surface area (Å²) in [6, 6.07) is 13.7. The van der Waals surface area contributed by atoms with Gasteiger partial charge in [-0.1, -0.05) is 29.8 Å². The molecule has 10 nitrogen and oxygen atoms in total. The number of aryl methyl sites for hydroxylation is 1. The number of benzene rings is 2. The molecule has 2 aromatic carbocycles. The third kappa shape index (κ3) is 5.91. The number of aliphatic hydroxyl groups excluding tert-OH is 1. The average Bonchev–Trinajstić information content (AvgIpc) is 3.66. The lowest BCUT2D eigenvalue weighted by Crippen LogP contribution is -2.46. The number of nitrogens with one attached hydrogen (secondary N) is 2. The molecule has 0 spiro atoms. The highest BCUT2D eigenvalue weighted by Gasteiger charge is 2.29. The minimum absolute atomic E-state index is 0.0655. The molecule has 204 valence electrons. The van der Waals surface area contributed by atoms with E-state index in [-0.39, 0.29) is 22.9 Å². The molecule has 4 aromatic rings. The zero-order chi connectivity index (χ0) is 27.9. The van der Waals surface area contributed by atoms with E-state index in [1.54, 1.807) is 43.5 Å². The summed E-state index contributed by atoms with van der Waals surface area (Å²) in [6.07, 6.45) is 2.70. The van der Waals surface area contributed by atoms with Crippen LogP contribution in [0.4, 0.5) is 10.5 Å². The highest BCUT2D eigenvalue weighted by Crippen LogP contribution is 2.41. The maximum Gasteiger partial charge on any atom is 0.417 e. The van der Waals surface area contributed by atoms with Gasteiger partial charge < -0.3 is 9.84 Å². The van der Waals surface area contributed by atoms with Crippen molar-refractivity contribution in [3.8, 4) is 17.0 Å². The van der Waals surface area contributed by atoms with Crippen LogP contribution in [0.3, 0.4) is 0 Å². The van der Waals surface area contributed by atoms with Crippen molar-refractivity contribution < 1.29 is 23.1 Å². The molecule has 1 fully saturated rings. The number of nitrogens with zero attached hydrogens (tertiary/aromatic N) is 3. The molecule has 1 saturated carbocycles. The first-order valence-electron chi connectivity index (χ1n) is 12.3. The Balaban J connectivity index is 1.42. The Kier molecular flexibility index (Phi) is 7.10. The number of fused-ring (bicyclic) bond motifs is 1. The molecule has 2 aromatic heterocycles. The lowest BCUT2D eigenvalue weighted by Gasteiger charge is -2.23. The van der Waals surface area contributed by atoms with Crippen LogP contribution in [-0.2, 0) is 10.0 Å². The van der Waals surface area contributed by atoms with Crippen LogP contribution in [0.5, 0.6) is 5.75 Å². The number of anilines is 1. The molecule has 3 N–H and O–H groups in total. The number of carbonyl (C=O) groups is 1. The molecule has 0 saturated heterocycles. The van der Waals surface area contributed by atoms with Gasteiger partial charge >= 0.3 is 6.09 Å². The van der Waals surface area contributed by atoms with Crippen molar-refractivity contribution >= 4 is 39.1 Å². The van der Waals surface area contributed by atoms with E-state index < -0.39 is 21.7 Å². The first-order valence-corrected chi connectivity index (χ1v) is 14.2. The molecule has 1 aliphatic rings. The van der Waals surface area contributed by atoms with Crippen molar-refractivity contribution in [2.75, 3.05) is 11.9 Å². The Hall–Kier alpha value is -3.51. The molecule has 12 heteroatoms. The third-order valence-electron chi connectivity index (χ3n) is 6.37. The van der Waals surface area contributed by atoms with Crippen molar-refractivity contribution in [2.45, 2.75) is 50.0 Å². The van der Waals surface area contributed by atoms with Gasteiger partial charge in [0.15, 0.2) is 11.4 Å². The maximum atomic E-state index is 12.9. The van der Waals surface area contributed by atoms with Crippen molar-refractivity contribution in [2.24, 2.45) is 0 Å². The Bertz CT molecular complexity index is 1660. The van der Waals surface area contributed by atoms with Crippen LogP contribution in [0.1, 0.15) is 43.9 Å². The smallest absolute Gasteiger partial charge is 0.404 e. The fourth-order valence-corrected chi connectivity index (χ4v) is 5.63. The van der Waals surface area contributed by atoms with E-state index in [4.69, 9.17) is 21.3 Å². The van der Waals surface area contributed by atoms with E-state index in [9.17, 15) is 18.3 Å². The van der Waals surface area contributed by atoms with Gasteiger partial charge in [0.1, 0.15) is 0 Å². The summed E-state index contributed by atoms with van der Waals surface area (Å²) < 4.78 is 35.4. The summed E-state index contributed by atoms with van der Waals surface area (Å²) in [6.45, 7) is 4.47. The van der Waals surface area contributed by atoms with Crippen LogP contribution in [-0.4, -0.2) is 46.4 Å². The minimum Gasteiger partial charge on any atom is -0.404 e. The standard InChI is InChI=1S/C27H28ClN5O5S/c1-16-4-11-20(39(36,37)32-27(2,3)15-34)12-21(16)31-26(35)38-24-14-29-33-23(18-5-6-18)13-22(30-25(24)33)17-7-9-19(28)10-8-17/h4,7-14,18,32,34H,5-6,15H2,1-3H3,(H,31,35).